The first-order valence-corrected chi connectivity index (χ1v) is 7.03. The van der Waals surface area contributed by atoms with Crippen LogP contribution in [0.25, 0.3) is 10.2 Å². The van der Waals surface area contributed by atoms with Gasteiger partial charge in [-0.1, -0.05) is 15.9 Å². The molecule has 3 aromatic rings. The van der Waals surface area contributed by atoms with E-state index in [1.165, 1.54) is 0 Å². The van der Waals surface area contributed by atoms with E-state index in [1.54, 1.807) is 23.9 Å². The third-order valence-electron chi connectivity index (χ3n) is 2.46. The zero-order valence-electron chi connectivity index (χ0n) is 9.30. The number of rotatable bonds is 3. The highest BCUT2D eigenvalue weighted by molar-refractivity contribution is 9.10. The molecule has 0 fully saturated rings. The SMILES string of the molecule is Brc1ccnc(CNc2ncnc3ccsc23)c1. The summed E-state index contributed by atoms with van der Waals surface area (Å²) in [5, 5.41) is 5.31. The minimum Gasteiger partial charge on any atom is -0.363 e. The number of halogens is 1. The highest BCUT2D eigenvalue weighted by atomic mass is 79.9. The predicted octanol–water partition coefficient (Wildman–Crippen LogP) is 3.46. The normalized spacial score (nSPS) is 10.7. The van der Waals surface area contributed by atoms with Crippen LogP contribution < -0.4 is 5.32 Å². The Bertz CT molecular complexity index is 682. The molecule has 3 rings (SSSR count). The number of hydrogen-bond acceptors (Lipinski definition) is 5. The lowest BCUT2D eigenvalue weighted by Gasteiger charge is -2.05. The van der Waals surface area contributed by atoms with E-state index in [0.29, 0.717) is 6.54 Å². The number of aromatic nitrogens is 3. The summed E-state index contributed by atoms with van der Waals surface area (Å²) in [6.07, 6.45) is 3.35. The van der Waals surface area contributed by atoms with Crippen molar-refractivity contribution in [1.29, 1.82) is 0 Å². The number of nitrogens with zero attached hydrogens (tertiary/aromatic N) is 3. The molecule has 18 heavy (non-hydrogen) atoms. The molecule has 0 saturated heterocycles. The van der Waals surface area contributed by atoms with Crippen molar-refractivity contribution in [3.05, 3.63) is 46.3 Å². The molecule has 0 spiro atoms. The Morgan fingerprint density at radius 3 is 3.06 bits per heavy atom. The molecule has 3 heterocycles. The van der Waals surface area contributed by atoms with E-state index >= 15 is 0 Å². The topological polar surface area (TPSA) is 50.7 Å². The minimum absolute atomic E-state index is 0.642. The van der Waals surface area contributed by atoms with Crippen LogP contribution in [0.15, 0.2) is 40.6 Å². The average Bonchev–Trinajstić information content (AvgIpc) is 2.85. The molecule has 0 bridgehead atoms. The molecule has 0 amide bonds. The van der Waals surface area contributed by atoms with Crippen LogP contribution in [0.4, 0.5) is 5.82 Å². The molecule has 0 aliphatic rings. The van der Waals surface area contributed by atoms with Crippen LogP contribution in [0.2, 0.25) is 0 Å². The first kappa shape index (κ1) is 11.6. The molecule has 4 nitrogen and oxygen atoms in total. The van der Waals surface area contributed by atoms with Crippen LogP contribution in [0.3, 0.4) is 0 Å². The fourth-order valence-electron chi connectivity index (χ4n) is 1.63. The third kappa shape index (κ3) is 2.34. The maximum absolute atomic E-state index is 4.29. The minimum atomic E-state index is 0.642. The van der Waals surface area contributed by atoms with Crippen molar-refractivity contribution in [2.45, 2.75) is 6.54 Å². The molecule has 0 atom stereocenters. The van der Waals surface area contributed by atoms with Gasteiger partial charge in [0.05, 0.1) is 22.5 Å². The molecule has 90 valence electrons. The Kier molecular flexibility index (Phi) is 3.21. The second-order valence-electron chi connectivity index (χ2n) is 3.68. The maximum Gasteiger partial charge on any atom is 0.147 e. The second kappa shape index (κ2) is 4.99. The maximum atomic E-state index is 4.29. The van der Waals surface area contributed by atoms with Gasteiger partial charge in [-0.2, -0.15) is 0 Å². The summed E-state index contributed by atoms with van der Waals surface area (Å²) in [7, 11) is 0. The first-order valence-electron chi connectivity index (χ1n) is 5.35. The quantitative estimate of drug-likeness (QED) is 0.803. The van der Waals surface area contributed by atoms with Gasteiger partial charge in [0.15, 0.2) is 0 Å². The van der Waals surface area contributed by atoms with Crippen molar-refractivity contribution in [3.8, 4) is 0 Å². The van der Waals surface area contributed by atoms with E-state index in [1.807, 2.05) is 23.6 Å². The van der Waals surface area contributed by atoms with Gasteiger partial charge in [-0.05, 0) is 23.6 Å². The largest absolute Gasteiger partial charge is 0.363 e. The van der Waals surface area contributed by atoms with Gasteiger partial charge in [-0.25, -0.2) is 9.97 Å². The number of pyridine rings is 1. The van der Waals surface area contributed by atoms with Crippen molar-refractivity contribution in [1.82, 2.24) is 15.0 Å². The molecule has 0 aliphatic heterocycles. The standard InChI is InChI=1S/C12H9BrN4S/c13-8-1-3-14-9(5-8)6-15-12-11-10(2-4-18-11)16-7-17-12/h1-5,7H,6H2,(H,15,16,17). The van der Waals surface area contributed by atoms with Gasteiger partial charge >= 0.3 is 0 Å². The van der Waals surface area contributed by atoms with Gasteiger partial charge in [-0.15, -0.1) is 11.3 Å². The number of hydrogen-bond donors (Lipinski definition) is 1. The molecule has 0 aromatic carbocycles. The zero-order chi connectivity index (χ0) is 12.4. The second-order valence-corrected chi connectivity index (χ2v) is 5.51. The van der Waals surface area contributed by atoms with Gasteiger partial charge in [0.25, 0.3) is 0 Å². The molecular weight excluding hydrogens is 312 g/mol. The van der Waals surface area contributed by atoms with Crippen molar-refractivity contribution in [2.24, 2.45) is 0 Å². The summed E-state index contributed by atoms with van der Waals surface area (Å²) >= 11 is 5.07. The summed E-state index contributed by atoms with van der Waals surface area (Å²) in [5.41, 5.74) is 1.94. The van der Waals surface area contributed by atoms with E-state index in [-0.39, 0.29) is 0 Å². The van der Waals surface area contributed by atoms with Gasteiger partial charge in [0.2, 0.25) is 0 Å². The van der Waals surface area contributed by atoms with Crippen LogP contribution in [0.1, 0.15) is 5.69 Å². The molecule has 0 unspecified atom stereocenters. The molecule has 6 heteroatoms. The van der Waals surface area contributed by atoms with Crippen molar-refractivity contribution in [2.75, 3.05) is 5.32 Å². The molecule has 0 saturated carbocycles. The van der Waals surface area contributed by atoms with Crippen molar-refractivity contribution >= 4 is 43.3 Å². The van der Waals surface area contributed by atoms with Crippen LogP contribution >= 0.6 is 27.3 Å². The molecule has 0 radical (unpaired) electrons. The lowest BCUT2D eigenvalue weighted by molar-refractivity contribution is 1.03. The predicted molar refractivity (Wildman–Crippen MR) is 76.7 cm³/mol. The summed E-state index contributed by atoms with van der Waals surface area (Å²) in [6.45, 7) is 0.642. The smallest absolute Gasteiger partial charge is 0.147 e. The fraction of sp³-hybridized carbons (Fsp3) is 0.0833. The van der Waals surface area contributed by atoms with Gasteiger partial charge in [-0.3, -0.25) is 4.98 Å². The van der Waals surface area contributed by atoms with Crippen LogP contribution in [0, 0.1) is 0 Å². The number of nitrogens with one attached hydrogen (secondary N) is 1. The Balaban J connectivity index is 1.83. The summed E-state index contributed by atoms with van der Waals surface area (Å²) < 4.78 is 2.10. The first-order chi connectivity index (χ1) is 8.83. The average molecular weight is 321 g/mol. The molecular formula is C12H9BrN4S. The summed E-state index contributed by atoms with van der Waals surface area (Å²) in [6, 6.07) is 5.88. The number of thiophene rings is 1. The lowest BCUT2D eigenvalue weighted by atomic mass is 10.3. The number of fused-ring (bicyclic) bond motifs is 1. The fourth-order valence-corrected chi connectivity index (χ4v) is 2.83. The Morgan fingerprint density at radius 1 is 1.22 bits per heavy atom. The van der Waals surface area contributed by atoms with Crippen molar-refractivity contribution in [3.63, 3.8) is 0 Å². The number of anilines is 1. The highest BCUT2D eigenvalue weighted by Gasteiger charge is 2.04. The molecule has 3 aromatic heterocycles. The highest BCUT2D eigenvalue weighted by Crippen LogP contribution is 2.25. The van der Waals surface area contributed by atoms with E-state index < -0.39 is 0 Å². The van der Waals surface area contributed by atoms with Gasteiger partial charge in [0.1, 0.15) is 12.1 Å². The van der Waals surface area contributed by atoms with E-state index in [4.69, 9.17) is 0 Å². The van der Waals surface area contributed by atoms with Crippen molar-refractivity contribution < 1.29 is 0 Å². The van der Waals surface area contributed by atoms with Crippen LogP contribution in [-0.2, 0) is 6.54 Å². The van der Waals surface area contributed by atoms with Crippen LogP contribution in [-0.4, -0.2) is 15.0 Å². The van der Waals surface area contributed by atoms with E-state index in [2.05, 4.69) is 36.2 Å². The van der Waals surface area contributed by atoms with Crippen LogP contribution in [0.5, 0.6) is 0 Å². The zero-order valence-corrected chi connectivity index (χ0v) is 11.7. The molecule has 0 aliphatic carbocycles. The van der Waals surface area contributed by atoms with Gasteiger partial charge < -0.3 is 5.32 Å². The molecule has 1 N–H and O–H groups in total. The Morgan fingerprint density at radius 2 is 2.17 bits per heavy atom. The lowest BCUT2D eigenvalue weighted by Crippen LogP contribution is -2.03. The van der Waals surface area contributed by atoms with Gasteiger partial charge in [0, 0.05) is 10.7 Å². The third-order valence-corrected chi connectivity index (χ3v) is 3.86. The Labute approximate surface area is 116 Å². The monoisotopic (exact) mass is 320 g/mol. The van der Waals surface area contributed by atoms with E-state index in [0.717, 1.165) is 26.2 Å². The summed E-state index contributed by atoms with van der Waals surface area (Å²) in [5.74, 6) is 0.858. The summed E-state index contributed by atoms with van der Waals surface area (Å²) in [4.78, 5) is 12.8. The van der Waals surface area contributed by atoms with E-state index in [9.17, 15) is 0 Å². The Hall–Kier alpha value is -1.53.